The highest BCUT2D eigenvalue weighted by molar-refractivity contribution is 5.87. The molecule has 1 aromatic heterocycles. The van der Waals surface area contributed by atoms with Crippen molar-refractivity contribution < 1.29 is 19.4 Å². The highest BCUT2D eigenvalue weighted by Gasteiger charge is 2.32. The number of fused-ring (bicyclic) bond motifs is 1. The average Bonchev–Trinajstić information content (AvgIpc) is 2.74. The van der Waals surface area contributed by atoms with Gasteiger partial charge < -0.3 is 14.6 Å². The Hall–Kier alpha value is -2.56. The van der Waals surface area contributed by atoms with E-state index in [-0.39, 0.29) is 17.0 Å². The van der Waals surface area contributed by atoms with Crippen LogP contribution in [0.1, 0.15) is 29.8 Å². The van der Waals surface area contributed by atoms with Crippen LogP contribution in [0, 0.1) is 0 Å². The van der Waals surface area contributed by atoms with E-state index >= 15 is 0 Å². The van der Waals surface area contributed by atoms with Gasteiger partial charge in [-0.05, 0) is 26.0 Å². The van der Waals surface area contributed by atoms with Crippen LogP contribution in [-0.4, -0.2) is 21.7 Å². The molecule has 21 heavy (non-hydrogen) atoms. The summed E-state index contributed by atoms with van der Waals surface area (Å²) in [4.78, 5) is 15.0. The van der Waals surface area contributed by atoms with Gasteiger partial charge in [0, 0.05) is 24.2 Å². The first-order chi connectivity index (χ1) is 9.94. The van der Waals surface area contributed by atoms with E-state index in [2.05, 4.69) is 4.98 Å². The molecule has 0 radical (unpaired) electrons. The van der Waals surface area contributed by atoms with Crippen LogP contribution in [-0.2, 0) is 6.42 Å². The molecule has 0 aliphatic carbocycles. The zero-order chi connectivity index (χ0) is 15.0. The highest BCUT2D eigenvalue weighted by Crippen LogP contribution is 2.43. The number of nitrogens with zero attached hydrogens (tertiary/aromatic N) is 1. The molecule has 2 heterocycles. The molecule has 0 fully saturated rings. The van der Waals surface area contributed by atoms with Crippen LogP contribution in [0.25, 0.3) is 0 Å². The molecular formula is C16H15NO4. The molecule has 2 aromatic rings. The fraction of sp³-hybridized carbons (Fsp3) is 0.250. The van der Waals surface area contributed by atoms with Gasteiger partial charge in [-0.25, -0.2) is 9.78 Å². The third-order valence-corrected chi connectivity index (χ3v) is 3.25. The van der Waals surface area contributed by atoms with E-state index in [1.807, 2.05) is 26.0 Å². The van der Waals surface area contributed by atoms with Crippen molar-refractivity contribution in [2.75, 3.05) is 0 Å². The van der Waals surface area contributed by atoms with Crippen molar-refractivity contribution in [3.05, 3.63) is 47.7 Å². The Morgan fingerprint density at radius 1 is 1.38 bits per heavy atom. The molecule has 0 amide bonds. The average molecular weight is 285 g/mol. The summed E-state index contributed by atoms with van der Waals surface area (Å²) >= 11 is 0. The fourth-order valence-electron chi connectivity index (χ4n) is 2.38. The van der Waals surface area contributed by atoms with Gasteiger partial charge in [0.25, 0.3) is 0 Å². The number of para-hydroxylation sites is 1. The molecule has 1 aliphatic rings. The van der Waals surface area contributed by atoms with Crippen molar-refractivity contribution in [1.29, 1.82) is 0 Å². The van der Waals surface area contributed by atoms with Crippen molar-refractivity contribution >= 4 is 5.97 Å². The minimum absolute atomic E-state index is 0.133. The van der Waals surface area contributed by atoms with Gasteiger partial charge in [0.1, 0.15) is 5.60 Å². The van der Waals surface area contributed by atoms with Gasteiger partial charge in [-0.1, -0.05) is 12.1 Å². The Kier molecular flexibility index (Phi) is 3.05. The predicted octanol–water partition coefficient (Wildman–Crippen LogP) is 3.29. The summed E-state index contributed by atoms with van der Waals surface area (Å²) in [6.45, 7) is 4.03. The molecule has 5 nitrogen and oxygen atoms in total. The molecule has 1 N–H and O–H groups in total. The number of hydrogen-bond acceptors (Lipinski definition) is 4. The first-order valence-corrected chi connectivity index (χ1v) is 6.63. The van der Waals surface area contributed by atoms with E-state index < -0.39 is 5.97 Å². The summed E-state index contributed by atoms with van der Waals surface area (Å²) < 4.78 is 11.6. The van der Waals surface area contributed by atoms with Crippen LogP contribution >= 0.6 is 0 Å². The number of hydrogen-bond donors (Lipinski definition) is 1. The third-order valence-electron chi connectivity index (χ3n) is 3.25. The lowest BCUT2D eigenvalue weighted by Crippen LogP contribution is -2.24. The minimum Gasteiger partial charge on any atom is -0.483 e. The molecule has 108 valence electrons. The lowest BCUT2D eigenvalue weighted by atomic mass is 10.0. The van der Waals surface area contributed by atoms with Gasteiger partial charge in [-0.15, -0.1) is 0 Å². The quantitative estimate of drug-likeness (QED) is 0.937. The summed E-state index contributed by atoms with van der Waals surface area (Å²) in [6, 6.07) is 8.49. The number of carboxylic acids is 1. The number of aromatic nitrogens is 1. The summed E-state index contributed by atoms with van der Waals surface area (Å²) in [6.07, 6.45) is 2.22. The lowest BCUT2D eigenvalue weighted by Gasteiger charge is -2.18. The molecule has 1 aromatic carbocycles. The van der Waals surface area contributed by atoms with Gasteiger partial charge in [0.15, 0.2) is 11.5 Å². The Morgan fingerprint density at radius 2 is 2.19 bits per heavy atom. The molecule has 5 heteroatoms. The monoisotopic (exact) mass is 285 g/mol. The maximum Gasteiger partial charge on any atom is 0.335 e. The summed E-state index contributed by atoms with van der Waals surface area (Å²) in [5.74, 6) is 0.465. The number of carboxylic acid groups (broad SMARTS) is 1. The second-order valence-electron chi connectivity index (χ2n) is 5.57. The van der Waals surface area contributed by atoms with E-state index in [1.54, 1.807) is 6.07 Å². The maximum absolute atomic E-state index is 11.0. The van der Waals surface area contributed by atoms with Gasteiger partial charge >= 0.3 is 5.97 Å². The van der Waals surface area contributed by atoms with Crippen LogP contribution in [0.5, 0.6) is 17.4 Å². The predicted molar refractivity (Wildman–Crippen MR) is 76.1 cm³/mol. The van der Waals surface area contributed by atoms with Crippen LogP contribution in [0.3, 0.4) is 0 Å². The zero-order valence-corrected chi connectivity index (χ0v) is 11.8. The van der Waals surface area contributed by atoms with Gasteiger partial charge in [-0.3, -0.25) is 0 Å². The van der Waals surface area contributed by atoms with E-state index in [0.717, 1.165) is 12.0 Å². The molecule has 0 saturated heterocycles. The summed E-state index contributed by atoms with van der Waals surface area (Å²) in [7, 11) is 0. The topological polar surface area (TPSA) is 68.7 Å². The van der Waals surface area contributed by atoms with Crippen molar-refractivity contribution in [2.45, 2.75) is 25.9 Å². The molecule has 0 unspecified atom stereocenters. The standard InChI is InChI=1S/C16H15NO4/c1-16(2)9-11-4-3-5-12(14(11)21-16)20-13-8-10(15(18)19)6-7-17-13/h3-8H,9H2,1-2H3,(H,18,19). The van der Waals surface area contributed by atoms with Crippen molar-refractivity contribution in [2.24, 2.45) is 0 Å². The van der Waals surface area contributed by atoms with Gasteiger partial charge in [-0.2, -0.15) is 0 Å². The lowest BCUT2D eigenvalue weighted by molar-refractivity contribution is 0.0696. The van der Waals surface area contributed by atoms with E-state index in [1.165, 1.54) is 18.3 Å². The largest absolute Gasteiger partial charge is 0.483 e. The number of aromatic carboxylic acids is 1. The molecular weight excluding hydrogens is 270 g/mol. The van der Waals surface area contributed by atoms with Crippen LogP contribution in [0.2, 0.25) is 0 Å². The summed E-state index contributed by atoms with van der Waals surface area (Å²) in [5, 5.41) is 8.99. The Morgan fingerprint density at radius 3 is 2.95 bits per heavy atom. The van der Waals surface area contributed by atoms with Crippen molar-refractivity contribution in [3.63, 3.8) is 0 Å². The zero-order valence-electron chi connectivity index (χ0n) is 11.8. The van der Waals surface area contributed by atoms with Crippen molar-refractivity contribution in [3.8, 4) is 17.4 Å². The SMILES string of the molecule is CC1(C)Cc2cccc(Oc3cc(C(=O)O)ccn3)c2O1. The van der Waals surface area contributed by atoms with E-state index in [4.69, 9.17) is 14.6 Å². The summed E-state index contributed by atoms with van der Waals surface area (Å²) in [5.41, 5.74) is 0.943. The number of pyridine rings is 1. The first-order valence-electron chi connectivity index (χ1n) is 6.63. The van der Waals surface area contributed by atoms with Gasteiger partial charge in [0.2, 0.25) is 5.88 Å². The number of rotatable bonds is 3. The second kappa shape index (κ2) is 4.77. The number of carbonyl (C=O) groups is 1. The second-order valence-corrected chi connectivity index (χ2v) is 5.57. The number of ether oxygens (including phenoxy) is 2. The molecule has 0 spiro atoms. The first kappa shape index (κ1) is 13.4. The highest BCUT2D eigenvalue weighted by atomic mass is 16.5. The van der Waals surface area contributed by atoms with Crippen molar-refractivity contribution in [1.82, 2.24) is 4.98 Å². The molecule has 0 saturated carbocycles. The Labute approximate surface area is 122 Å². The van der Waals surface area contributed by atoms with Crippen LogP contribution in [0.15, 0.2) is 36.5 Å². The van der Waals surface area contributed by atoms with Crippen LogP contribution < -0.4 is 9.47 Å². The smallest absolute Gasteiger partial charge is 0.335 e. The molecule has 3 rings (SSSR count). The number of benzene rings is 1. The fourth-order valence-corrected chi connectivity index (χ4v) is 2.38. The Balaban J connectivity index is 1.92. The molecule has 1 aliphatic heterocycles. The molecule has 0 bridgehead atoms. The van der Waals surface area contributed by atoms with E-state index in [0.29, 0.717) is 11.5 Å². The minimum atomic E-state index is -1.02. The third kappa shape index (κ3) is 2.67. The maximum atomic E-state index is 11.0. The van der Waals surface area contributed by atoms with Crippen LogP contribution in [0.4, 0.5) is 0 Å². The normalized spacial score (nSPS) is 15.1. The van der Waals surface area contributed by atoms with E-state index in [9.17, 15) is 4.79 Å². The Bertz CT molecular complexity index is 709. The van der Waals surface area contributed by atoms with Gasteiger partial charge in [0.05, 0.1) is 5.56 Å². The molecule has 0 atom stereocenters.